The average Bonchev–Trinajstić information content (AvgIpc) is 3.34. The molecule has 1 aliphatic rings. The minimum absolute atomic E-state index is 0.0259. The van der Waals surface area contributed by atoms with Gasteiger partial charge in [0.25, 0.3) is 0 Å². The van der Waals surface area contributed by atoms with Gasteiger partial charge >= 0.3 is 7.12 Å². The summed E-state index contributed by atoms with van der Waals surface area (Å²) in [5.41, 5.74) is 0.652. The summed E-state index contributed by atoms with van der Waals surface area (Å²) < 4.78 is 56.0. The quantitative estimate of drug-likeness (QED) is 0.241. The minimum Gasteiger partial charge on any atom is -0.497 e. The zero-order valence-electron chi connectivity index (χ0n) is 23.5. The molecule has 2 aromatic carbocycles. The maximum Gasteiger partial charge on any atom is 0.497 e. The van der Waals surface area contributed by atoms with Gasteiger partial charge < -0.3 is 18.8 Å². The van der Waals surface area contributed by atoms with Crippen LogP contribution in [0.15, 0.2) is 42.6 Å². The molecule has 2 heterocycles. The van der Waals surface area contributed by atoms with Crippen molar-refractivity contribution in [3.63, 3.8) is 0 Å². The van der Waals surface area contributed by atoms with E-state index in [1.54, 1.807) is 24.1 Å². The van der Waals surface area contributed by atoms with E-state index in [9.17, 15) is 0 Å². The topological polar surface area (TPSA) is 54.7 Å². The molecule has 0 atom stereocenters. The van der Waals surface area contributed by atoms with Crippen molar-refractivity contribution >= 4 is 20.7 Å². The summed E-state index contributed by atoms with van der Waals surface area (Å²) in [5.74, 6) is -1.29. The summed E-state index contributed by atoms with van der Waals surface area (Å²) in [6, 6.07) is 11.5. The Balaban J connectivity index is 1.71. The maximum absolute atomic E-state index is 15.7. The molecule has 204 valence electrons. The molecule has 4 rings (SSSR count). The first kappa shape index (κ1) is 28.5. The van der Waals surface area contributed by atoms with Gasteiger partial charge in [-0.3, -0.25) is 0 Å². The van der Waals surface area contributed by atoms with Gasteiger partial charge in [0, 0.05) is 36.8 Å². The van der Waals surface area contributed by atoms with E-state index in [1.807, 2.05) is 52.0 Å². The van der Waals surface area contributed by atoms with Crippen molar-refractivity contribution in [2.24, 2.45) is 0 Å². The van der Waals surface area contributed by atoms with Crippen molar-refractivity contribution in [1.82, 2.24) is 9.78 Å². The molecule has 38 heavy (non-hydrogen) atoms. The zero-order valence-corrected chi connectivity index (χ0v) is 24.5. The number of methoxy groups -OCH3 is 1. The predicted molar refractivity (Wildman–Crippen MR) is 149 cm³/mol. The van der Waals surface area contributed by atoms with Crippen molar-refractivity contribution in [3.05, 3.63) is 54.2 Å². The molecule has 1 fully saturated rings. The van der Waals surface area contributed by atoms with Gasteiger partial charge in [0.2, 0.25) is 0 Å². The van der Waals surface area contributed by atoms with E-state index < -0.39 is 38.0 Å². The monoisotopic (exact) mass is 542 g/mol. The van der Waals surface area contributed by atoms with Gasteiger partial charge in [0.1, 0.15) is 12.5 Å². The fraction of sp³-hybridized carbons (Fsp3) is 0.464. The van der Waals surface area contributed by atoms with Crippen LogP contribution >= 0.6 is 0 Å². The second kappa shape index (κ2) is 10.6. The molecular formula is C28H37BF2N2O4Si. The van der Waals surface area contributed by atoms with Crippen LogP contribution in [0.5, 0.6) is 5.75 Å². The molecule has 6 nitrogen and oxygen atoms in total. The second-order valence-corrected chi connectivity index (χ2v) is 17.5. The fourth-order valence-corrected chi connectivity index (χ4v) is 4.94. The lowest BCUT2D eigenvalue weighted by Gasteiger charge is -2.32. The van der Waals surface area contributed by atoms with Gasteiger partial charge in [0.15, 0.2) is 11.6 Å². The molecular weight excluding hydrogens is 505 g/mol. The zero-order chi connectivity index (χ0) is 27.9. The SMILES string of the molecule is COc1ccc(-c2c(-c3ccc(B4OC(C)(C)C(C)(C)O4)c(F)c3F)cnn2COCC[Si](C)(C)C)cc1. The van der Waals surface area contributed by atoms with Crippen molar-refractivity contribution in [1.29, 1.82) is 0 Å². The highest BCUT2D eigenvalue weighted by atomic mass is 28.3. The molecule has 10 heteroatoms. The van der Waals surface area contributed by atoms with Crippen LogP contribution in [0.1, 0.15) is 27.7 Å². The van der Waals surface area contributed by atoms with Crippen LogP contribution in [0.3, 0.4) is 0 Å². The van der Waals surface area contributed by atoms with Crippen LogP contribution in [-0.4, -0.2) is 49.9 Å². The first-order valence-corrected chi connectivity index (χ1v) is 16.6. The third-order valence-electron chi connectivity index (χ3n) is 7.32. The van der Waals surface area contributed by atoms with E-state index in [1.165, 1.54) is 6.07 Å². The Hall–Kier alpha value is -2.53. The molecule has 0 amide bonds. The Morgan fingerprint density at radius 2 is 1.55 bits per heavy atom. The highest BCUT2D eigenvalue weighted by Crippen LogP contribution is 2.38. The predicted octanol–water partition coefficient (Wildman–Crippen LogP) is 6.12. The number of aromatic nitrogens is 2. The van der Waals surface area contributed by atoms with Gasteiger partial charge in [-0.25, -0.2) is 13.5 Å². The van der Waals surface area contributed by atoms with Crippen LogP contribution in [-0.2, 0) is 20.8 Å². The van der Waals surface area contributed by atoms with Gasteiger partial charge in [-0.15, -0.1) is 0 Å². The van der Waals surface area contributed by atoms with Crippen LogP contribution in [0.2, 0.25) is 25.7 Å². The molecule has 1 saturated heterocycles. The Bertz CT molecular complexity index is 1270. The van der Waals surface area contributed by atoms with Crippen molar-refractivity contribution in [3.8, 4) is 28.1 Å². The molecule has 0 unspecified atom stereocenters. The second-order valence-electron chi connectivity index (χ2n) is 11.9. The molecule has 0 radical (unpaired) electrons. The number of hydrogen-bond acceptors (Lipinski definition) is 5. The number of ether oxygens (including phenoxy) is 2. The highest BCUT2D eigenvalue weighted by molar-refractivity contribution is 6.76. The smallest absolute Gasteiger partial charge is 0.497 e. The summed E-state index contributed by atoms with van der Waals surface area (Å²) in [6.07, 6.45) is 1.55. The summed E-state index contributed by atoms with van der Waals surface area (Å²) in [5, 5.41) is 4.49. The fourth-order valence-electron chi connectivity index (χ4n) is 4.19. The number of rotatable bonds is 9. The highest BCUT2D eigenvalue weighted by Gasteiger charge is 2.52. The van der Waals surface area contributed by atoms with Crippen LogP contribution in [0.4, 0.5) is 8.78 Å². The van der Waals surface area contributed by atoms with Crippen molar-refractivity contribution in [2.75, 3.05) is 13.7 Å². The van der Waals surface area contributed by atoms with Crippen molar-refractivity contribution in [2.45, 2.75) is 71.3 Å². The Labute approximate surface area is 225 Å². The first-order valence-electron chi connectivity index (χ1n) is 12.9. The Kier molecular flexibility index (Phi) is 7.92. The first-order chi connectivity index (χ1) is 17.7. The number of hydrogen-bond donors (Lipinski definition) is 0. The van der Waals surface area contributed by atoms with E-state index in [0.29, 0.717) is 23.6 Å². The number of benzene rings is 2. The number of halogens is 2. The van der Waals surface area contributed by atoms with Crippen molar-refractivity contribution < 1.29 is 27.6 Å². The van der Waals surface area contributed by atoms with E-state index in [-0.39, 0.29) is 17.8 Å². The van der Waals surface area contributed by atoms with E-state index in [4.69, 9.17) is 18.8 Å². The normalized spacial score (nSPS) is 16.7. The maximum atomic E-state index is 15.7. The van der Waals surface area contributed by atoms with E-state index in [2.05, 4.69) is 24.7 Å². The minimum atomic E-state index is -1.26. The number of nitrogens with zero attached hydrogens (tertiary/aromatic N) is 2. The van der Waals surface area contributed by atoms with Gasteiger partial charge in [-0.2, -0.15) is 5.10 Å². The molecule has 0 N–H and O–H groups in total. The summed E-state index contributed by atoms with van der Waals surface area (Å²) >= 11 is 0. The molecule has 3 aromatic rings. The van der Waals surface area contributed by atoms with Gasteiger partial charge in [0.05, 0.1) is 30.2 Å². The Morgan fingerprint density at radius 1 is 0.921 bits per heavy atom. The molecule has 0 spiro atoms. The average molecular weight is 543 g/mol. The third kappa shape index (κ3) is 5.73. The van der Waals surface area contributed by atoms with E-state index in [0.717, 1.165) is 11.6 Å². The summed E-state index contributed by atoms with van der Waals surface area (Å²) in [6.45, 7) is 15.2. The molecule has 0 aliphatic carbocycles. The van der Waals surface area contributed by atoms with Crippen LogP contribution in [0.25, 0.3) is 22.4 Å². The molecule has 1 aliphatic heterocycles. The third-order valence-corrected chi connectivity index (χ3v) is 9.03. The van der Waals surface area contributed by atoms with Gasteiger partial charge in [-0.1, -0.05) is 31.8 Å². The molecule has 1 aromatic heterocycles. The van der Waals surface area contributed by atoms with Crippen LogP contribution < -0.4 is 10.2 Å². The lowest BCUT2D eigenvalue weighted by Crippen LogP contribution is -2.41. The summed E-state index contributed by atoms with van der Waals surface area (Å²) in [4.78, 5) is 0. The standard InChI is InChI=1S/C28H37BF2N2O4Si/c1-27(2)28(3,4)37-29(36-27)23-14-13-21(24(30)25(23)31)22-17-32-33(18-35-15-16-38(6,7)8)26(22)19-9-11-20(34-5)12-10-19/h9-14,17H,15-16,18H2,1-8H3. The van der Waals surface area contributed by atoms with Crippen LogP contribution in [0, 0.1) is 11.6 Å². The molecule has 0 bridgehead atoms. The lowest BCUT2D eigenvalue weighted by atomic mass is 9.77. The largest absolute Gasteiger partial charge is 0.497 e. The molecule has 0 saturated carbocycles. The Morgan fingerprint density at radius 3 is 2.13 bits per heavy atom. The van der Waals surface area contributed by atoms with E-state index >= 15 is 8.78 Å². The summed E-state index contributed by atoms with van der Waals surface area (Å²) in [7, 11) is -0.673. The van der Waals surface area contributed by atoms with Gasteiger partial charge in [-0.05, 0) is 58.0 Å². The lowest BCUT2D eigenvalue weighted by molar-refractivity contribution is 0.00578.